The summed E-state index contributed by atoms with van der Waals surface area (Å²) < 4.78 is 10.6. The first-order chi connectivity index (χ1) is 28.3. The van der Waals surface area contributed by atoms with Crippen molar-refractivity contribution in [1.29, 1.82) is 0 Å². The van der Waals surface area contributed by atoms with E-state index < -0.39 is 0 Å². The molecule has 6 heteroatoms. The summed E-state index contributed by atoms with van der Waals surface area (Å²) in [6.45, 7) is 6.83. The van der Waals surface area contributed by atoms with Crippen molar-refractivity contribution in [3.63, 3.8) is 0 Å². The van der Waals surface area contributed by atoms with Crippen molar-refractivity contribution >= 4 is 146 Å². The second-order valence-electron chi connectivity index (χ2n) is 17.0. The standard InChI is InChI=1S/C52H35BN2S3/c1-52(2,3)28-16-18-29(19-17-28)54-41-26-48-37(30-10-4-7-13-44(30)57-48)22-35(41)33-20-21-34-36-25-47-39(32-12-6-9-15-46(32)56-47)24-42(36)55-43-27-49-38(23-40(43)53-50(33)51(34)55)31-11-5-8-14-45(31)58-49/h4-27,53-54H,1-3H3. The Bertz CT molecular complexity index is 3720. The highest BCUT2D eigenvalue weighted by atomic mass is 32.1. The fourth-order valence-corrected chi connectivity index (χ4v) is 13.1. The monoisotopic (exact) mass is 794 g/mol. The van der Waals surface area contributed by atoms with Gasteiger partial charge in [0.1, 0.15) is 0 Å². The zero-order valence-corrected chi connectivity index (χ0v) is 34.7. The molecule has 0 radical (unpaired) electrons. The van der Waals surface area contributed by atoms with Crippen LogP contribution in [0.15, 0.2) is 146 Å². The average Bonchev–Trinajstić information content (AvgIpc) is 3.98. The van der Waals surface area contributed by atoms with Crippen LogP contribution in [0.5, 0.6) is 0 Å². The second kappa shape index (κ2) is 11.8. The maximum Gasteiger partial charge on any atom is 0.198 e. The van der Waals surface area contributed by atoms with Crippen molar-refractivity contribution in [1.82, 2.24) is 4.57 Å². The number of hydrogen-bond acceptors (Lipinski definition) is 4. The molecule has 1 aliphatic heterocycles. The van der Waals surface area contributed by atoms with Crippen LogP contribution >= 0.6 is 34.0 Å². The van der Waals surface area contributed by atoms with E-state index >= 15 is 0 Å². The SMILES string of the molecule is CC(C)(C)c1ccc(Nc2cc3sc4ccccc4c3cc2-c2ccc3c4cc5sc6ccccc6c5cc4n4c3c2Bc2cc3c(cc2-4)sc2ccccc23)cc1. The number of benzene rings is 8. The number of thiophene rings is 3. The van der Waals surface area contributed by atoms with Gasteiger partial charge in [0.25, 0.3) is 0 Å². The minimum atomic E-state index is 0.0929. The molecule has 13 rings (SSSR count). The summed E-state index contributed by atoms with van der Waals surface area (Å²) in [5.41, 5.74) is 12.9. The molecule has 0 saturated carbocycles. The lowest BCUT2D eigenvalue weighted by molar-refractivity contribution is 0.590. The molecule has 2 nitrogen and oxygen atoms in total. The Morgan fingerprint density at radius 3 is 1.72 bits per heavy atom. The van der Waals surface area contributed by atoms with Crippen molar-refractivity contribution in [2.24, 2.45) is 0 Å². The van der Waals surface area contributed by atoms with Gasteiger partial charge in [0, 0.05) is 94.0 Å². The molecule has 4 aromatic heterocycles. The predicted molar refractivity (Wildman–Crippen MR) is 260 cm³/mol. The molecule has 0 saturated heterocycles. The first-order valence-corrected chi connectivity index (χ1v) is 22.5. The number of anilines is 2. The summed E-state index contributed by atoms with van der Waals surface area (Å²) in [4.78, 5) is 0. The van der Waals surface area contributed by atoms with Gasteiger partial charge in [0.2, 0.25) is 0 Å². The quantitative estimate of drug-likeness (QED) is 0.176. The number of hydrogen-bond donors (Lipinski definition) is 1. The molecule has 274 valence electrons. The van der Waals surface area contributed by atoms with E-state index in [1.165, 1.54) is 116 Å². The summed E-state index contributed by atoms with van der Waals surface area (Å²) in [5.74, 6) is 0. The van der Waals surface area contributed by atoms with Crippen molar-refractivity contribution in [2.45, 2.75) is 26.2 Å². The maximum absolute atomic E-state index is 3.94. The third kappa shape index (κ3) is 4.71. The van der Waals surface area contributed by atoms with E-state index in [-0.39, 0.29) is 5.41 Å². The van der Waals surface area contributed by atoms with Gasteiger partial charge in [-0.15, -0.1) is 34.0 Å². The van der Waals surface area contributed by atoms with Crippen LogP contribution in [0.1, 0.15) is 26.3 Å². The molecule has 12 aromatic rings. The zero-order valence-electron chi connectivity index (χ0n) is 32.2. The van der Waals surface area contributed by atoms with Crippen molar-refractivity contribution in [3.05, 3.63) is 151 Å². The van der Waals surface area contributed by atoms with E-state index in [9.17, 15) is 0 Å². The third-order valence-corrected chi connectivity index (χ3v) is 16.0. The molecular formula is C52H35BN2S3. The lowest BCUT2D eigenvalue weighted by Gasteiger charge is -2.24. The summed E-state index contributed by atoms with van der Waals surface area (Å²) in [6.07, 6.45) is 0. The largest absolute Gasteiger partial charge is 0.355 e. The van der Waals surface area contributed by atoms with E-state index in [1.807, 2.05) is 34.0 Å². The van der Waals surface area contributed by atoms with Gasteiger partial charge in [-0.3, -0.25) is 0 Å². The fourth-order valence-electron chi connectivity index (χ4n) is 9.72. The molecule has 0 unspecified atom stereocenters. The number of fused-ring (bicyclic) bond motifs is 14. The Morgan fingerprint density at radius 2 is 1.07 bits per heavy atom. The molecule has 0 spiro atoms. The van der Waals surface area contributed by atoms with E-state index in [0.717, 1.165) is 18.7 Å². The van der Waals surface area contributed by atoms with E-state index in [0.29, 0.717) is 0 Å². The smallest absolute Gasteiger partial charge is 0.198 e. The van der Waals surface area contributed by atoms with Gasteiger partial charge in [-0.1, -0.05) is 111 Å². The average molecular weight is 795 g/mol. The summed E-state index contributed by atoms with van der Waals surface area (Å²) in [7, 11) is 0.859. The highest BCUT2D eigenvalue weighted by Gasteiger charge is 2.28. The van der Waals surface area contributed by atoms with E-state index in [1.54, 1.807) is 0 Å². The van der Waals surface area contributed by atoms with Gasteiger partial charge >= 0.3 is 0 Å². The van der Waals surface area contributed by atoms with Gasteiger partial charge in [-0.05, 0) is 88.1 Å². The van der Waals surface area contributed by atoms with Gasteiger partial charge < -0.3 is 9.88 Å². The Kier molecular flexibility index (Phi) is 6.75. The van der Waals surface area contributed by atoms with Gasteiger partial charge in [0.05, 0.1) is 5.52 Å². The Labute approximate surface area is 347 Å². The Hall–Kier alpha value is -5.92. The van der Waals surface area contributed by atoms with Gasteiger partial charge in [-0.25, -0.2) is 0 Å². The molecule has 0 amide bonds. The summed E-state index contributed by atoms with van der Waals surface area (Å²) in [6, 6.07) is 55.3. The molecule has 8 aromatic carbocycles. The molecule has 0 fully saturated rings. The van der Waals surface area contributed by atoms with Crippen LogP contribution in [0.2, 0.25) is 0 Å². The summed E-state index contributed by atoms with van der Waals surface area (Å²) in [5, 5.41) is 14.6. The second-order valence-corrected chi connectivity index (χ2v) is 20.2. The van der Waals surface area contributed by atoms with Crippen LogP contribution in [0, 0.1) is 0 Å². The number of aromatic nitrogens is 1. The zero-order chi connectivity index (χ0) is 38.4. The summed E-state index contributed by atoms with van der Waals surface area (Å²) >= 11 is 5.69. The van der Waals surface area contributed by atoms with Crippen molar-refractivity contribution in [3.8, 4) is 16.8 Å². The van der Waals surface area contributed by atoms with Crippen LogP contribution in [-0.4, -0.2) is 11.8 Å². The fraction of sp³-hybridized carbons (Fsp3) is 0.0769. The molecule has 5 heterocycles. The normalized spacial score (nSPS) is 12.9. The minimum absolute atomic E-state index is 0.0929. The molecule has 0 aliphatic carbocycles. The lowest BCUT2D eigenvalue weighted by Crippen LogP contribution is -2.37. The molecule has 0 atom stereocenters. The predicted octanol–water partition coefficient (Wildman–Crippen LogP) is 14.3. The molecule has 1 aliphatic rings. The highest BCUT2D eigenvalue weighted by molar-refractivity contribution is 7.26. The highest BCUT2D eigenvalue weighted by Crippen LogP contribution is 2.45. The van der Waals surface area contributed by atoms with Crippen molar-refractivity contribution in [2.75, 3.05) is 5.32 Å². The van der Waals surface area contributed by atoms with Crippen LogP contribution in [0.3, 0.4) is 0 Å². The number of nitrogens with zero attached hydrogens (tertiary/aromatic N) is 1. The van der Waals surface area contributed by atoms with Crippen LogP contribution in [0.25, 0.3) is 99.1 Å². The van der Waals surface area contributed by atoms with Gasteiger partial charge in [-0.2, -0.15) is 0 Å². The molecule has 0 bridgehead atoms. The molecule has 1 N–H and O–H groups in total. The number of nitrogens with one attached hydrogen (secondary N) is 1. The van der Waals surface area contributed by atoms with Gasteiger partial charge in [0.15, 0.2) is 7.28 Å². The minimum Gasteiger partial charge on any atom is -0.355 e. The first-order valence-electron chi connectivity index (χ1n) is 20.0. The van der Waals surface area contributed by atoms with E-state index in [4.69, 9.17) is 0 Å². The number of rotatable bonds is 3. The molecule has 58 heavy (non-hydrogen) atoms. The van der Waals surface area contributed by atoms with Crippen LogP contribution < -0.4 is 16.2 Å². The van der Waals surface area contributed by atoms with Crippen LogP contribution in [0.4, 0.5) is 11.4 Å². The topological polar surface area (TPSA) is 17.0 Å². The Morgan fingerprint density at radius 1 is 0.483 bits per heavy atom. The maximum atomic E-state index is 3.94. The van der Waals surface area contributed by atoms with Crippen molar-refractivity contribution < 1.29 is 0 Å². The van der Waals surface area contributed by atoms with Crippen LogP contribution in [-0.2, 0) is 5.41 Å². The molecular weight excluding hydrogens is 760 g/mol. The first kappa shape index (κ1) is 33.1. The lowest BCUT2D eigenvalue weighted by atomic mass is 9.59. The van der Waals surface area contributed by atoms with E-state index in [2.05, 4.69) is 176 Å². The Balaban J connectivity index is 1.12. The third-order valence-electron chi connectivity index (χ3n) is 12.6.